The number of hydrogen-bond acceptors (Lipinski definition) is 5. The molecular weight excluding hydrogens is 186 g/mol. The Hall–Kier alpha value is -1.94. The fraction of sp³-hybridized carbons (Fsp3) is 0.429. The molecule has 0 saturated heterocycles. The summed E-state index contributed by atoms with van der Waals surface area (Å²) in [5, 5.41) is 18.8. The summed E-state index contributed by atoms with van der Waals surface area (Å²) in [6.45, 7) is 0.422. The van der Waals surface area contributed by atoms with Gasteiger partial charge in [0.05, 0.1) is 12.5 Å². The van der Waals surface area contributed by atoms with Gasteiger partial charge in [0.25, 0.3) is 0 Å². The lowest BCUT2D eigenvalue weighted by molar-refractivity contribution is -0.390. The highest BCUT2D eigenvalue weighted by atomic mass is 16.6. The maximum atomic E-state index is 10.5. The predicted molar refractivity (Wildman–Crippen MR) is 47.0 cm³/mol. The van der Waals surface area contributed by atoms with E-state index in [-0.39, 0.29) is 18.8 Å². The molecule has 1 rings (SSSR count). The van der Waals surface area contributed by atoms with E-state index in [9.17, 15) is 10.1 Å². The molecule has 7 heteroatoms. The Labute approximate surface area is 79.9 Å². The number of nitrogens with zero attached hydrogens (tertiary/aromatic N) is 4. The van der Waals surface area contributed by atoms with Gasteiger partial charge in [0.15, 0.2) is 0 Å². The average Bonchev–Trinajstić information content (AvgIpc) is 2.57. The van der Waals surface area contributed by atoms with Crippen molar-refractivity contribution in [2.45, 2.75) is 19.5 Å². The van der Waals surface area contributed by atoms with Crippen molar-refractivity contribution in [1.82, 2.24) is 9.55 Å². The Kier molecular flexibility index (Phi) is 3.14. The van der Waals surface area contributed by atoms with Gasteiger partial charge in [-0.15, -0.1) is 0 Å². The molecule has 2 N–H and O–H groups in total. The molecule has 0 aliphatic heterocycles. The van der Waals surface area contributed by atoms with E-state index >= 15 is 0 Å². The average molecular weight is 195 g/mol. The first-order valence-electron chi connectivity index (χ1n) is 3.96. The summed E-state index contributed by atoms with van der Waals surface area (Å²) in [6.07, 6.45) is 1.61. The zero-order chi connectivity index (χ0) is 10.6. The maximum Gasteiger partial charge on any atom is 0.386 e. The second-order valence-electron chi connectivity index (χ2n) is 2.58. The summed E-state index contributed by atoms with van der Waals surface area (Å²) in [6, 6.07) is 1.95. The maximum absolute atomic E-state index is 10.5. The van der Waals surface area contributed by atoms with Gasteiger partial charge in [0.1, 0.15) is 5.69 Å². The number of nitriles is 1. The highest BCUT2D eigenvalue weighted by Gasteiger charge is 2.19. The van der Waals surface area contributed by atoms with Crippen LogP contribution in [0.3, 0.4) is 0 Å². The van der Waals surface area contributed by atoms with E-state index in [4.69, 9.17) is 11.0 Å². The minimum absolute atomic E-state index is 0.0434. The summed E-state index contributed by atoms with van der Waals surface area (Å²) in [5.41, 5.74) is 5.71. The zero-order valence-corrected chi connectivity index (χ0v) is 7.38. The molecule has 0 fully saturated rings. The summed E-state index contributed by atoms with van der Waals surface area (Å²) >= 11 is 0. The van der Waals surface area contributed by atoms with Crippen LogP contribution in [0, 0.1) is 21.4 Å². The number of aromatic nitrogens is 2. The number of nitrogens with two attached hydrogens (primary N) is 1. The second-order valence-corrected chi connectivity index (χ2v) is 2.58. The van der Waals surface area contributed by atoms with Gasteiger partial charge >= 0.3 is 5.82 Å². The SMILES string of the molecule is N#CCCn1cnc([N+](=O)[O-])c1CN. The van der Waals surface area contributed by atoms with Gasteiger partial charge in [-0.2, -0.15) is 5.26 Å². The van der Waals surface area contributed by atoms with E-state index in [2.05, 4.69) is 4.98 Å². The van der Waals surface area contributed by atoms with Crippen LogP contribution in [0.4, 0.5) is 5.82 Å². The molecule has 74 valence electrons. The van der Waals surface area contributed by atoms with Crippen LogP contribution in [0.2, 0.25) is 0 Å². The Balaban J connectivity index is 2.96. The summed E-state index contributed by atoms with van der Waals surface area (Å²) in [4.78, 5) is 13.5. The monoisotopic (exact) mass is 195 g/mol. The van der Waals surface area contributed by atoms with E-state index < -0.39 is 4.92 Å². The number of imidazole rings is 1. The van der Waals surface area contributed by atoms with Crippen LogP contribution in [0.25, 0.3) is 0 Å². The van der Waals surface area contributed by atoms with Gasteiger partial charge in [0.2, 0.25) is 6.33 Å². The topological polar surface area (TPSA) is 111 Å². The molecule has 0 spiro atoms. The Morgan fingerprint density at radius 3 is 3.00 bits per heavy atom. The fourth-order valence-corrected chi connectivity index (χ4v) is 1.12. The summed E-state index contributed by atoms with van der Waals surface area (Å²) < 4.78 is 1.53. The Morgan fingerprint density at radius 2 is 2.50 bits per heavy atom. The second kappa shape index (κ2) is 4.34. The van der Waals surface area contributed by atoms with E-state index in [1.54, 1.807) is 0 Å². The van der Waals surface area contributed by atoms with Gasteiger partial charge < -0.3 is 20.4 Å². The normalized spacial score (nSPS) is 9.71. The fourth-order valence-electron chi connectivity index (χ4n) is 1.12. The molecule has 14 heavy (non-hydrogen) atoms. The van der Waals surface area contributed by atoms with Crippen LogP contribution in [0.1, 0.15) is 12.1 Å². The molecule has 0 saturated carbocycles. The van der Waals surface area contributed by atoms with Crippen LogP contribution < -0.4 is 5.73 Å². The Bertz CT molecular complexity index is 378. The molecule has 0 atom stereocenters. The number of hydrogen-bond donors (Lipinski definition) is 1. The van der Waals surface area contributed by atoms with Crippen molar-refractivity contribution >= 4 is 5.82 Å². The molecule has 0 aromatic carbocycles. The molecule has 0 aliphatic carbocycles. The largest absolute Gasteiger partial charge is 0.386 e. The minimum Gasteiger partial charge on any atom is -0.358 e. The van der Waals surface area contributed by atoms with Crippen molar-refractivity contribution in [2.24, 2.45) is 5.73 Å². The molecule has 1 aromatic rings. The third-order valence-electron chi connectivity index (χ3n) is 1.76. The predicted octanol–water partition coefficient (Wildman–Crippen LogP) is 0.164. The van der Waals surface area contributed by atoms with Crippen LogP contribution >= 0.6 is 0 Å². The van der Waals surface area contributed by atoms with Gasteiger partial charge in [-0.25, -0.2) is 0 Å². The van der Waals surface area contributed by atoms with E-state index in [1.165, 1.54) is 10.9 Å². The number of aryl methyl sites for hydroxylation is 1. The van der Waals surface area contributed by atoms with Crippen LogP contribution in [-0.2, 0) is 13.1 Å². The molecule has 7 nitrogen and oxygen atoms in total. The first kappa shape index (κ1) is 10.1. The van der Waals surface area contributed by atoms with E-state index in [0.717, 1.165) is 0 Å². The highest BCUT2D eigenvalue weighted by Crippen LogP contribution is 2.15. The standard InChI is InChI=1S/C7H9N5O2/c8-2-1-3-11-5-10-7(12(13)14)6(11)4-9/h5H,1,3-4,9H2. The van der Waals surface area contributed by atoms with Crippen LogP contribution in [0.5, 0.6) is 0 Å². The summed E-state index contributed by atoms with van der Waals surface area (Å²) in [7, 11) is 0. The van der Waals surface area contributed by atoms with Gasteiger partial charge in [-0.05, 0) is 9.91 Å². The lowest BCUT2D eigenvalue weighted by atomic mass is 10.4. The van der Waals surface area contributed by atoms with E-state index in [1.807, 2.05) is 6.07 Å². The van der Waals surface area contributed by atoms with Gasteiger partial charge in [-0.3, -0.25) is 0 Å². The first-order valence-corrected chi connectivity index (χ1v) is 3.96. The summed E-state index contributed by atoms with van der Waals surface area (Å²) in [5.74, 6) is -0.231. The first-order chi connectivity index (χ1) is 6.70. The van der Waals surface area contributed by atoms with E-state index in [0.29, 0.717) is 12.2 Å². The lowest BCUT2D eigenvalue weighted by Crippen LogP contribution is -2.08. The highest BCUT2D eigenvalue weighted by molar-refractivity contribution is 5.26. The minimum atomic E-state index is -0.578. The quantitative estimate of drug-likeness (QED) is 0.543. The van der Waals surface area contributed by atoms with Crippen LogP contribution in [-0.4, -0.2) is 14.5 Å². The third-order valence-corrected chi connectivity index (χ3v) is 1.76. The molecule has 0 aliphatic rings. The molecule has 1 aromatic heterocycles. The van der Waals surface area contributed by atoms with Crippen molar-refractivity contribution in [3.63, 3.8) is 0 Å². The van der Waals surface area contributed by atoms with Crippen molar-refractivity contribution in [3.8, 4) is 6.07 Å². The lowest BCUT2D eigenvalue weighted by Gasteiger charge is -2.00. The number of rotatable bonds is 4. The van der Waals surface area contributed by atoms with Crippen molar-refractivity contribution < 1.29 is 4.92 Å². The smallest absolute Gasteiger partial charge is 0.358 e. The van der Waals surface area contributed by atoms with Crippen molar-refractivity contribution in [2.75, 3.05) is 0 Å². The number of nitro groups is 1. The van der Waals surface area contributed by atoms with Gasteiger partial charge in [-0.1, -0.05) is 0 Å². The molecule has 0 amide bonds. The van der Waals surface area contributed by atoms with Crippen molar-refractivity contribution in [1.29, 1.82) is 5.26 Å². The molecular formula is C7H9N5O2. The molecule has 1 heterocycles. The molecule has 0 radical (unpaired) electrons. The Morgan fingerprint density at radius 1 is 1.79 bits per heavy atom. The zero-order valence-electron chi connectivity index (χ0n) is 7.38. The molecule has 0 bridgehead atoms. The third kappa shape index (κ3) is 1.86. The van der Waals surface area contributed by atoms with Gasteiger partial charge in [0, 0.05) is 13.1 Å². The molecule has 0 unspecified atom stereocenters. The van der Waals surface area contributed by atoms with Crippen molar-refractivity contribution in [3.05, 3.63) is 22.1 Å². The van der Waals surface area contributed by atoms with Crippen LogP contribution in [0.15, 0.2) is 6.33 Å².